The number of hydrogen-bond donors (Lipinski definition) is 1. The predicted molar refractivity (Wildman–Crippen MR) is 102 cm³/mol. The lowest BCUT2D eigenvalue weighted by Gasteiger charge is -2.40. The zero-order chi connectivity index (χ0) is 16.8. The summed E-state index contributed by atoms with van der Waals surface area (Å²) in [6, 6.07) is 11.3. The summed E-state index contributed by atoms with van der Waals surface area (Å²) in [5, 5.41) is 0. The number of benzene rings is 1. The Morgan fingerprint density at radius 3 is 2.42 bits per heavy atom. The fraction of sp³-hybridized carbons (Fsp3) is 0.714. The van der Waals surface area contributed by atoms with Gasteiger partial charge in [0.25, 0.3) is 0 Å². The number of piperazine rings is 1. The van der Waals surface area contributed by atoms with Crippen molar-refractivity contribution < 1.29 is 0 Å². The fourth-order valence-electron chi connectivity index (χ4n) is 4.57. The first kappa shape index (κ1) is 17.9. The Labute approximate surface area is 148 Å². The Hall–Kier alpha value is -0.900. The van der Waals surface area contributed by atoms with Gasteiger partial charge in [-0.15, -0.1) is 0 Å². The molecule has 0 bridgehead atoms. The second kappa shape index (κ2) is 8.98. The molecule has 3 rings (SSSR count). The molecule has 0 amide bonds. The summed E-state index contributed by atoms with van der Waals surface area (Å²) < 4.78 is 0. The van der Waals surface area contributed by atoms with Gasteiger partial charge in [0.15, 0.2) is 0 Å². The van der Waals surface area contributed by atoms with Gasteiger partial charge >= 0.3 is 0 Å². The van der Waals surface area contributed by atoms with Crippen molar-refractivity contribution in [1.82, 2.24) is 9.80 Å². The maximum absolute atomic E-state index is 6.45. The smallest absolute Gasteiger partial charge is 0.0234 e. The maximum Gasteiger partial charge on any atom is 0.0234 e. The number of hydrogen-bond acceptors (Lipinski definition) is 3. The zero-order valence-corrected chi connectivity index (χ0v) is 15.4. The van der Waals surface area contributed by atoms with E-state index in [4.69, 9.17) is 5.73 Å². The first-order chi connectivity index (χ1) is 11.7. The summed E-state index contributed by atoms with van der Waals surface area (Å²) >= 11 is 0. The van der Waals surface area contributed by atoms with E-state index in [1.165, 1.54) is 70.4 Å². The van der Waals surface area contributed by atoms with E-state index < -0.39 is 0 Å². The van der Waals surface area contributed by atoms with Gasteiger partial charge in [-0.2, -0.15) is 0 Å². The molecule has 134 valence electrons. The van der Waals surface area contributed by atoms with Crippen molar-refractivity contribution in [2.75, 3.05) is 32.7 Å². The van der Waals surface area contributed by atoms with Crippen LogP contribution in [0.2, 0.25) is 0 Å². The van der Waals surface area contributed by atoms with Crippen LogP contribution >= 0.6 is 0 Å². The third-order valence-electron chi connectivity index (χ3n) is 6.05. The molecule has 0 aromatic heterocycles. The number of rotatable bonds is 6. The Morgan fingerprint density at radius 1 is 1.00 bits per heavy atom. The van der Waals surface area contributed by atoms with Gasteiger partial charge in [-0.05, 0) is 36.7 Å². The largest absolute Gasteiger partial charge is 0.327 e. The van der Waals surface area contributed by atoms with Crippen LogP contribution in [0.3, 0.4) is 0 Å². The van der Waals surface area contributed by atoms with Crippen LogP contribution in [0.1, 0.15) is 44.6 Å². The van der Waals surface area contributed by atoms with Gasteiger partial charge in [-0.1, -0.05) is 50.1 Å². The molecule has 1 saturated heterocycles. The highest BCUT2D eigenvalue weighted by Gasteiger charge is 2.30. The van der Waals surface area contributed by atoms with Gasteiger partial charge in [0.1, 0.15) is 0 Å². The second-order valence-electron chi connectivity index (χ2n) is 7.95. The minimum absolute atomic E-state index is 0.431. The van der Waals surface area contributed by atoms with E-state index in [0.29, 0.717) is 6.04 Å². The molecule has 0 spiro atoms. The van der Waals surface area contributed by atoms with Crippen molar-refractivity contribution in [3.8, 4) is 0 Å². The highest BCUT2D eigenvalue weighted by molar-refractivity contribution is 5.14. The number of nitrogens with two attached hydrogens (primary N) is 1. The molecule has 24 heavy (non-hydrogen) atoms. The van der Waals surface area contributed by atoms with Crippen LogP contribution in [-0.2, 0) is 6.54 Å². The molecule has 1 aromatic rings. The molecule has 2 aliphatic rings. The van der Waals surface area contributed by atoms with Gasteiger partial charge in [0.05, 0.1) is 0 Å². The molecule has 1 heterocycles. The van der Waals surface area contributed by atoms with Gasteiger partial charge in [0, 0.05) is 45.3 Å². The van der Waals surface area contributed by atoms with Crippen molar-refractivity contribution in [2.45, 2.75) is 51.6 Å². The molecule has 2 fully saturated rings. The molecule has 2 N–H and O–H groups in total. The molecule has 3 unspecified atom stereocenters. The summed E-state index contributed by atoms with van der Waals surface area (Å²) in [5.74, 6) is 1.65. The quantitative estimate of drug-likeness (QED) is 0.869. The van der Waals surface area contributed by atoms with E-state index in [0.717, 1.165) is 18.4 Å². The van der Waals surface area contributed by atoms with Gasteiger partial charge < -0.3 is 10.6 Å². The molecular weight excluding hydrogens is 294 g/mol. The van der Waals surface area contributed by atoms with Gasteiger partial charge in [0.2, 0.25) is 0 Å². The van der Waals surface area contributed by atoms with E-state index in [1.54, 1.807) is 0 Å². The second-order valence-corrected chi connectivity index (χ2v) is 7.95. The first-order valence-corrected chi connectivity index (χ1v) is 9.98. The standard InChI is InChI=1S/C21H35N3/c1-2-6-18-9-10-21(22)20(15-18)17-24-13-11-23(12-14-24)16-19-7-4-3-5-8-19/h3-5,7-8,18,20-21H,2,6,9-17,22H2,1H3. The highest BCUT2D eigenvalue weighted by Crippen LogP contribution is 2.32. The third kappa shape index (κ3) is 5.05. The maximum atomic E-state index is 6.45. The van der Waals surface area contributed by atoms with Crippen LogP contribution in [0.15, 0.2) is 30.3 Å². The lowest BCUT2D eigenvalue weighted by Crippen LogP contribution is -2.50. The van der Waals surface area contributed by atoms with Crippen molar-refractivity contribution in [3.63, 3.8) is 0 Å². The van der Waals surface area contributed by atoms with Crippen LogP contribution < -0.4 is 5.73 Å². The summed E-state index contributed by atoms with van der Waals surface area (Å²) in [6.45, 7) is 9.42. The van der Waals surface area contributed by atoms with Crippen molar-refractivity contribution in [3.05, 3.63) is 35.9 Å². The van der Waals surface area contributed by atoms with E-state index in [9.17, 15) is 0 Å². The van der Waals surface area contributed by atoms with Crippen LogP contribution in [0, 0.1) is 11.8 Å². The first-order valence-electron chi connectivity index (χ1n) is 9.98. The zero-order valence-electron chi connectivity index (χ0n) is 15.4. The topological polar surface area (TPSA) is 32.5 Å². The molecule has 3 heteroatoms. The summed E-state index contributed by atoms with van der Waals surface area (Å²) in [7, 11) is 0. The monoisotopic (exact) mass is 329 g/mol. The Kier molecular flexibility index (Phi) is 6.70. The van der Waals surface area contributed by atoms with Gasteiger partial charge in [-0.25, -0.2) is 0 Å². The third-order valence-corrected chi connectivity index (χ3v) is 6.05. The fourth-order valence-corrected chi connectivity index (χ4v) is 4.57. The van der Waals surface area contributed by atoms with E-state index in [1.807, 2.05) is 0 Å². The summed E-state index contributed by atoms with van der Waals surface area (Å²) in [5.41, 5.74) is 7.88. The highest BCUT2D eigenvalue weighted by atomic mass is 15.3. The van der Waals surface area contributed by atoms with Crippen molar-refractivity contribution in [1.29, 1.82) is 0 Å². The van der Waals surface area contributed by atoms with Crippen LogP contribution in [0.25, 0.3) is 0 Å². The molecule has 1 aromatic carbocycles. The minimum Gasteiger partial charge on any atom is -0.327 e. The average molecular weight is 330 g/mol. The van der Waals surface area contributed by atoms with Crippen molar-refractivity contribution in [2.24, 2.45) is 17.6 Å². The molecule has 3 atom stereocenters. The molecule has 1 aliphatic heterocycles. The molecule has 1 saturated carbocycles. The Balaban J connectivity index is 1.43. The Bertz CT molecular complexity index is 467. The summed E-state index contributed by atoms with van der Waals surface area (Å²) in [4.78, 5) is 5.26. The predicted octanol–water partition coefficient (Wildman–Crippen LogP) is 3.35. The van der Waals surface area contributed by atoms with E-state index >= 15 is 0 Å². The van der Waals surface area contributed by atoms with Gasteiger partial charge in [-0.3, -0.25) is 4.90 Å². The molecule has 1 aliphatic carbocycles. The van der Waals surface area contributed by atoms with Crippen LogP contribution in [0.5, 0.6) is 0 Å². The van der Waals surface area contributed by atoms with E-state index in [-0.39, 0.29) is 0 Å². The van der Waals surface area contributed by atoms with Crippen LogP contribution in [-0.4, -0.2) is 48.6 Å². The number of nitrogens with zero attached hydrogens (tertiary/aromatic N) is 2. The molecular formula is C21H35N3. The SMILES string of the molecule is CCCC1CCC(N)C(CN2CCN(Cc3ccccc3)CC2)C1. The lowest BCUT2D eigenvalue weighted by atomic mass is 9.76. The summed E-state index contributed by atoms with van der Waals surface area (Å²) in [6.07, 6.45) is 6.68. The lowest BCUT2D eigenvalue weighted by molar-refractivity contribution is 0.0909. The Morgan fingerprint density at radius 2 is 1.71 bits per heavy atom. The minimum atomic E-state index is 0.431. The molecule has 3 nitrogen and oxygen atoms in total. The average Bonchev–Trinajstić information content (AvgIpc) is 2.61. The van der Waals surface area contributed by atoms with Crippen LogP contribution in [0.4, 0.5) is 0 Å². The van der Waals surface area contributed by atoms with Crippen molar-refractivity contribution >= 4 is 0 Å². The molecule has 0 radical (unpaired) electrons. The normalized spacial score (nSPS) is 29.7. The van der Waals surface area contributed by atoms with E-state index in [2.05, 4.69) is 47.1 Å².